The van der Waals surface area contributed by atoms with Gasteiger partial charge in [-0.05, 0) is 31.5 Å². The lowest BCUT2D eigenvalue weighted by molar-refractivity contribution is 0.0586. The third-order valence-corrected chi connectivity index (χ3v) is 6.75. The molecule has 0 radical (unpaired) electrons. The van der Waals surface area contributed by atoms with E-state index in [1.807, 2.05) is 19.1 Å². The van der Waals surface area contributed by atoms with Gasteiger partial charge in [-0.3, -0.25) is 5.32 Å². The van der Waals surface area contributed by atoms with Crippen molar-refractivity contribution in [1.82, 2.24) is 24.9 Å². The number of rotatable bonds is 8. The Morgan fingerprint density at radius 1 is 1.02 bits per heavy atom. The minimum atomic E-state index is -0.801. The fraction of sp³-hybridized carbons (Fsp3) is 0.222. The highest BCUT2D eigenvalue weighted by molar-refractivity contribution is 7.21. The number of benzene rings is 2. The predicted octanol–water partition coefficient (Wildman–Crippen LogP) is 4.96. The number of thiazole rings is 1. The first-order valence-corrected chi connectivity index (χ1v) is 13.0. The number of esters is 1. The minimum absolute atomic E-state index is 0.00557. The van der Waals surface area contributed by atoms with Crippen LogP contribution >= 0.6 is 11.3 Å². The Morgan fingerprint density at radius 3 is 2.54 bits per heavy atom. The second-order valence-electron chi connectivity index (χ2n) is 8.80. The van der Waals surface area contributed by atoms with Gasteiger partial charge in [-0.2, -0.15) is 0 Å². The maximum Gasteiger partial charge on any atom is 0.412 e. The molecule has 0 saturated heterocycles. The minimum Gasteiger partial charge on any atom is -0.487 e. The second kappa shape index (κ2) is 11.6. The van der Waals surface area contributed by atoms with Crippen LogP contribution in [-0.2, 0) is 9.47 Å². The lowest BCUT2D eigenvalue weighted by atomic mass is 10.1. The molecule has 1 N–H and O–H groups in total. The Kier molecular flexibility index (Phi) is 7.83. The molecule has 1 unspecified atom stereocenters. The van der Waals surface area contributed by atoms with Crippen LogP contribution < -0.4 is 14.8 Å². The number of hydrogen-bond donors (Lipinski definition) is 1. The van der Waals surface area contributed by atoms with E-state index in [4.69, 9.17) is 14.2 Å². The van der Waals surface area contributed by atoms with Crippen molar-refractivity contribution in [3.05, 3.63) is 60.1 Å². The Balaban J connectivity index is 1.26. The van der Waals surface area contributed by atoms with Gasteiger partial charge in [0.1, 0.15) is 17.7 Å². The summed E-state index contributed by atoms with van der Waals surface area (Å²) in [5.41, 5.74) is 3.74. The number of methoxy groups -OCH3 is 2. The van der Waals surface area contributed by atoms with Gasteiger partial charge in [0.05, 0.1) is 59.7 Å². The van der Waals surface area contributed by atoms with E-state index in [1.165, 1.54) is 50.2 Å². The van der Waals surface area contributed by atoms with Crippen LogP contribution in [0.1, 0.15) is 23.1 Å². The third kappa shape index (κ3) is 6.11. The molecule has 2 aromatic carbocycles. The fourth-order valence-electron chi connectivity index (χ4n) is 3.83. The number of fused-ring (bicyclic) bond motifs is 2. The van der Waals surface area contributed by atoms with E-state index in [1.54, 1.807) is 13.0 Å². The van der Waals surface area contributed by atoms with Crippen LogP contribution in [0.5, 0.6) is 11.6 Å². The first-order chi connectivity index (χ1) is 19.7. The SMILES string of the molecule is COC(=O)c1ncc(NC(=O)OC(C)COc2cc3sc(-c4cc(C)cc5nc(OC)cnc45)nc3cc2F)cn1. The molecule has 210 valence electrons. The molecule has 0 saturated carbocycles. The zero-order valence-electron chi connectivity index (χ0n) is 22.3. The van der Waals surface area contributed by atoms with Crippen LogP contribution in [0.4, 0.5) is 14.9 Å². The molecular weight excluding hydrogens is 555 g/mol. The molecule has 3 heterocycles. The molecule has 3 aromatic heterocycles. The molecule has 14 heteroatoms. The van der Waals surface area contributed by atoms with Crippen LogP contribution in [-0.4, -0.2) is 63.9 Å². The van der Waals surface area contributed by atoms with Crippen molar-refractivity contribution in [2.45, 2.75) is 20.0 Å². The van der Waals surface area contributed by atoms with E-state index in [-0.39, 0.29) is 23.9 Å². The lowest BCUT2D eigenvalue weighted by Crippen LogP contribution is -2.25. The number of aryl methyl sites for hydroxylation is 1. The fourth-order valence-corrected chi connectivity index (χ4v) is 4.82. The summed E-state index contributed by atoms with van der Waals surface area (Å²) in [6.07, 6.45) is 2.48. The number of aromatic nitrogens is 5. The number of carbonyl (C=O) groups excluding carboxylic acids is 2. The predicted molar refractivity (Wildman–Crippen MR) is 148 cm³/mol. The van der Waals surface area contributed by atoms with Gasteiger partial charge in [0.2, 0.25) is 11.7 Å². The average Bonchev–Trinajstić information content (AvgIpc) is 3.37. The van der Waals surface area contributed by atoms with E-state index < -0.39 is 24.0 Å². The summed E-state index contributed by atoms with van der Waals surface area (Å²) in [4.78, 5) is 44.8. The van der Waals surface area contributed by atoms with Crippen molar-refractivity contribution in [3.63, 3.8) is 0 Å². The van der Waals surface area contributed by atoms with Gasteiger partial charge in [-0.25, -0.2) is 38.9 Å². The summed E-state index contributed by atoms with van der Waals surface area (Å²) in [6.45, 7) is 3.43. The molecule has 0 spiro atoms. The number of carbonyl (C=O) groups is 2. The smallest absolute Gasteiger partial charge is 0.412 e. The van der Waals surface area contributed by atoms with Gasteiger partial charge >= 0.3 is 12.1 Å². The molecular formula is C27H23FN6O6S. The second-order valence-corrected chi connectivity index (χ2v) is 9.83. The monoisotopic (exact) mass is 578 g/mol. The van der Waals surface area contributed by atoms with Gasteiger partial charge in [0, 0.05) is 17.7 Å². The lowest BCUT2D eigenvalue weighted by Gasteiger charge is -2.15. The summed E-state index contributed by atoms with van der Waals surface area (Å²) < 4.78 is 36.2. The third-order valence-electron chi connectivity index (χ3n) is 5.70. The number of anilines is 1. The van der Waals surface area contributed by atoms with Crippen molar-refractivity contribution >= 4 is 50.3 Å². The maximum atomic E-state index is 14.9. The summed E-state index contributed by atoms with van der Waals surface area (Å²) in [5, 5.41) is 3.10. The van der Waals surface area contributed by atoms with Crippen LogP contribution in [0.2, 0.25) is 0 Å². The zero-order chi connectivity index (χ0) is 29.1. The van der Waals surface area contributed by atoms with Crippen LogP contribution in [0, 0.1) is 12.7 Å². The largest absolute Gasteiger partial charge is 0.487 e. The molecule has 1 amide bonds. The van der Waals surface area contributed by atoms with Crippen LogP contribution in [0.25, 0.3) is 31.8 Å². The molecule has 0 bridgehead atoms. The van der Waals surface area contributed by atoms with Crippen LogP contribution in [0.3, 0.4) is 0 Å². The highest BCUT2D eigenvalue weighted by atomic mass is 32.1. The number of nitrogens with zero attached hydrogens (tertiary/aromatic N) is 5. The summed E-state index contributed by atoms with van der Waals surface area (Å²) in [5.74, 6) is -1.06. The summed E-state index contributed by atoms with van der Waals surface area (Å²) in [6, 6.07) is 6.73. The Bertz CT molecular complexity index is 1760. The van der Waals surface area contributed by atoms with E-state index in [2.05, 4.69) is 35.0 Å². The van der Waals surface area contributed by atoms with Crippen molar-refractivity contribution < 1.29 is 32.9 Å². The Labute approximate surface area is 236 Å². The van der Waals surface area contributed by atoms with E-state index in [9.17, 15) is 14.0 Å². The Hall–Kier alpha value is -4.98. The molecule has 0 aliphatic rings. The standard InChI is InChI=1S/C27H23FN6O6S/c1-13-5-16(23-19(6-13)33-22(37-3)11-29-23)25-34-18-7-17(28)20(8-21(18)41-25)39-12-14(2)40-27(36)32-15-9-30-24(31-10-15)26(35)38-4/h5-11,14H,12H2,1-4H3,(H,32,36). The average molecular weight is 579 g/mol. The normalized spacial score (nSPS) is 11.7. The van der Waals surface area contributed by atoms with Crippen molar-refractivity contribution in [1.29, 1.82) is 0 Å². The summed E-state index contributed by atoms with van der Waals surface area (Å²) in [7, 11) is 2.73. The number of halogens is 1. The maximum absolute atomic E-state index is 14.9. The first-order valence-electron chi connectivity index (χ1n) is 12.2. The highest BCUT2D eigenvalue weighted by Crippen LogP contribution is 2.37. The van der Waals surface area contributed by atoms with Crippen molar-refractivity contribution in [2.75, 3.05) is 26.1 Å². The molecule has 0 aliphatic heterocycles. The number of nitrogens with one attached hydrogen (secondary N) is 1. The first kappa shape index (κ1) is 27.6. The van der Waals surface area contributed by atoms with E-state index in [0.29, 0.717) is 32.1 Å². The van der Waals surface area contributed by atoms with Gasteiger partial charge < -0.3 is 18.9 Å². The van der Waals surface area contributed by atoms with Crippen LogP contribution in [0.15, 0.2) is 42.9 Å². The summed E-state index contributed by atoms with van der Waals surface area (Å²) >= 11 is 1.36. The molecule has 12 nitrogen and oxygen atoms in total. The molecule has 41 heavy (non-hydrogen) atoms. The number of hydrogen-bond acceptors (Lipinski definition) is 12. The highest BCUT2D eigenvalue weighted by Gasteiger charge is 2.18. The van der Waals surface area contributed by atoms with Gasteiger partial charge in [0.15, 0.2) is 11.6 Å². The molecule has 0 aliphatic carbocycles. The van der Waals surface area contributed by atoms with Crippen molar-refractivity contribution in [3.8, 4) is 22.2 Å². The van der Waals surface area contributed by atoms with Gasteiger partial charge in [-0.1, -0.05) is 0 Å². The Morgan fingerprint density at radius 2 is 1.80 bits per heavy atom. The molecule has 0 fully saturated rings. The molecule has 5 rings (SSSR count). The van der Waals surface area contributed by atoms with Gasteiger partial charge in [-0.15, -0.1) is 11.3 Å². The molecule has 5 aromatic rings. The number of ether oxygens (including phenoxy) is 4. The number of amides is 1. The van der Waals surface area contributed by atoms with E-state index >= 15 is 0 Å². The topological polar surface area (TPSA) is 148 Å². The quantitative estimate of drug-likeness (QED) is 0.249. The van der Waals surface area contributed by atoms with E-state index in [0.717, 1.165) is 11.1 Å². The van der Waals surface area contributed by atoms with Crippen molar-refractivity contribution in [2.24, 2.45) is 0 Å². The zero-order valence-corrected chi connectivity index (χ0v) is 23.1. The molecule has 1 atom stereocenters. The van der Waals surface area contributed by atoms with Gasteiger partial charge in [0.25, 0.3) is 0 Å².